The Morgan fingerprint density at radius 1 is 1.19 bits per heavy atom. The normalized spacial score (nSPS) is 23.1. The van der Waals surface area contributed by atoms with Crippen molar-refractivity contribution in [3.63, 3.8) is 0 Å². The fraction of sp³-hybridized carbons (Fsp3) is 0.353. The van der Waals surface area contributed by atoms with E-state index in [0.717, 1.165) is 6.54 Å². The predicted octanol–water partition coefficient (Wildman–Crippen LogP) is 2.72. The van der Waals surface area contributed by atoms with Crippen LogP contribution in [0.4, 0.5) is 0 Å². The van der Waals surface area contributed by atoms with E-state index in [-0.39, 0.29) is 12.1 Å². The second kappa shape index (κ2) is 6.35. The molecule has 110 valence electrons. The Labute approximate surface area is 125 Å². The molecule has 1 aliphatic rings. The molecular formula is C17H21N3O. The van der Waals surface area contributed by atoms with Gasteiger partial charge in [-0.2, -0.15) is 0 Å². The topological polar surface area (TPSA) is 46.2 Å². The Kier molecular flexibility index (Phi) is 4.29. The number of hydrazine groups is 1. The molecule has 2 N–H and O–H groups in total. The fourth-order valence-corrected chi connectivity index (χ4v) is 2.87. The molecule has 1 aromatic carbocycles. The second-order valence-electron chi connectivity index (χ2n) is 5.44. The minimum atomic E-state index is 0.117. The monoisotopic (exact) mass is 283 g/mol. The number of benzene rings is 1. The van der Waals surface area contributed by atoms with Crippen LogP contribution in [0.1, 0.15) is 41.7 Å². The maximum Gasteiger partial charge on any atom is 0.0793 e. The van der Waals surface area contributed by atoms with Gasteiger partial charge in [0.2, 0.25) is 0 Å². The summed E-state index contributed by atoms with van der Waals surface area (Å²) < 4.78 is 5.43. The van der Waals surface area contributed by atoms with Gasteiger partial charge >= 0.3 is 0 Å². The van der Waals surface area contributed by atoms with Crippen molar-refractivity contribution in [2.75, 3.05) is 13.7 Å². The molecule has 2 heterocycles. The van der Waals surface area contributed by atoms with Crippen molar-refractivity contribution in [3.05, 3.63) is 65.5 Å². The van der Waals surface area contributed by atoms with Crippen LogP contribution in [0.15, 0.2) is 48.8 Å². The third-order valence-electron chi connectivity index (χ3n) is 4.21. The van der Waals surface area contributed by atoms with E-state index in [1.807, 2.05) is 12.4 Å². The Hall–Kier alpha value is -1.75. The number of ether oxygens (including phenoxy) is 1. The molecule has 2 aromatic rings. The molecule has 0 radical (unpaired) electrons. The SMILES string of the molecule is COC(C)c1cccc(C2CNNC2c2ccncc2)c1. The average molecular weight is 283 g/mol. The van der Waals surface area contributed by atoms with Crippen LogP contribution in [-0.2, 0) is 4.74 Å². The zero-order valence-corrected chi connectivity index (χ0v) is 12.4. The molecule has 0 bridgehead atoms. The van der Waals surface area contributed by atoms with E-state index >= 15 is 0 Å². The maximum absolute atomic E-state index is 5.43. The molecule has 1 aromatic heterocycles. The largest absolute Gasteiger partial charge is 0.377 e. The highest BCUT2D eigenvalue weighted by Gasteiger charge is 2.29. The quantitative estimate of drug-likeness (QED) is 0.905. The number of hydrogen-bond donors (Lipinski definition) is 2. The van der Waals surface area contributed by atoms with Gasteiger partial charge in [-0.05, 0) is 35.7 Å². The Morgan fingerprint density at radius 2 is 2.00 bits per heavy atom. The lowest BCUT2D eigenvalue weighted by Crippen LogP contribution is -2.24. The highest BCUT2D eigenvalue weighted by molar-refractivity contribution is 5.32. The molecule has 0 aliphatic carbocycles. The molecule has 3 atom stereocenters. The summed E-state index contributed by atoms with van der Waals surface area (Å²) in [4.78, 5) is 4.10. The minimum Gasteiger partial charge on any atom is -0.377 e. The van der Waals surface area contributed by atoms with Crippen molar-refractivity contribution in [2.24, 2.45) is 0 Å². The smallest absolute Gasteiger partial charge is 0.0793 e. The summed E-state index contributed by atoms with van der Waals surface area (Å²) in [5.74, 6) is 0.399. The van der Waals surface area contributed by atoms with Gasteiger partial charge < -0.3 is 4.74 Å². The summed E-state index contributed by atoms with van der Waals surface area (Å²) in [5.41, 5.74) is 10.5. The first kappa shape index (κ1) is 14.2. The van der Waals surface area contributed by atoms with E-state index < -0.39 is 0 Å². The van der Waals surface area contributed by atoms with Crippen molar-refractivity contribution >= 4 is 0 Å². The van der Waals surface area contributed by atoms with Gasteiger partial charge in [0.05, 0.1) is 12.1 Å². The molecule has 4 heteroatoms. The van der Waals surface area contributed by atoms with Gasteiger partial charge in [0, 0.05) is 32.0 Å². The van der Waals surface area contributed by atoms with E-state index in [9.17, 15) is 0 Å². The van der Waals surface area contributed by atoms with E-state index in [1.165, 1.54) is 16.7 Å². The van der Waals surface area contributed by atoms with Crippen molar-refractivity contribution in [1.82, 2.24) is 15.8 Å². The molecule has 4 nitrogen and oxygen atoms in total. The zero-order chi connectivity index (χ0) is 14.7. The van der Waals surface area contributed by atoms with Crippen molar-refractivity contribution in [1.29, 1.82) is 0 Å². The Morgan fingerprint density at radius 3 is 2.76 bits per heavy atom. The lowest BCUT2D eigenvalue weighted by molar-refractivity contribution is 0.119. The van der Waals surface area contributed by atoms with Gasteiger partial charge in [-0.25, -0.2) is 5.43 Å². The number of pyridine rings is 1. The van der Waals surface area contributed by atoms with Gasteiger partial charge in [0.1, 0.15) is 0 Å². The molecule has 1 saturated heterocycles. The number of rotatable bonds is 4. The van der Waals surface area contributed by atoms with Gasteiger partial charge in [0.15, 0.2) is 0 Å². The molecular weight excluding hydrogens is 262 g/mol. The minimum absolute atomic E-state index is 0.117. The number of hydrogen-bond acceptors (Lipinski definition) is 4. The molecule has 1 aliphatic heterocycles. The molecule has 0 amide bonds. The van der Waals surface area contributed by atoms with Crippen LogP contribution in [-0.4, -0.2) is 18.6 Å². The third-order valence-corrected chi connectivity index (χ3v) is 4.21. The molecule has 0 saturated carbocycles. The highest BCUT2D eigenvalue weighted by Crippen LogP contribution is 2.34. The van der Waals surface area contributed by atoms with Crippen molar-refractivity contribution < 1.29 is 4.74 Å². The van der Waals surface area contributed by atoms with Crippen LogP contribution in [0.25, 0.3) is 0 Å². The molecule has 3 unspecified atom stereocenters. The summed E-state index contributed by atoms with van der Waals surface area (Å²) in [7, 11) is 1.75. The third kappa shape index (κ3) is 2.97. The van der Waals surface area contributed by atoms with E-state index in [1.54, 1.807) is 7.11 Å². The van der Waals surface area contributed by atoms with Crippen molar-refractivity contribution in [3.8, 4) is 0 Å². The Balaban J connectivity index is 1.89. The summed E-state index contributed by atoms with van der Waals surface area (Å²) in [6, 6.07) is 13.1. The number of aromatic nitrogens is 1. The molecule has 3 rings (SSSR count). The second-order valence-corrected chi connectivity index (χ2v) is 5.44. The standard InChI is InChI=1S/C17H21N3O/c1-12(21-2)14-4-3-5-15(10-14)16-11-19-20-17(16)13-6-8-18-9-7-13/h3-10,12,16-17,19-20H,11H2,1-2H3. The lowest BCUT2D eigenvalue weighted by atomic mass is 9.88. The summed E-state index contributed by atoms with van der Waals surface area (Å²) in [5, 5.41) is 0. The number of methoxy groups -OCH3 is 1. The van der Waals surface area contributed by atoms with E-state index in [0.29, 0.717) is 5.92 Å². The first-order chi connectivity index (χ1) is 10.3. The molecule has 1 fully saturated rings. The Bertz CT molecular complexity index is 588. The van der Waals surface area contributed by atoms with Gasteiger partial charge in [-0.3, -0.25) is 10.4 Å². The average Bonchev–Trinajstić information content (AvgIpc) is 3.04. The molecule has 21 heavy (non-hydrogen) atoms. The maximum atomic E-state index is 5.43. The van der Waals surface area contributed by atoms with Crippen LogP contribution >= 0.6 is 0 Å². The van der Waals surface area contributed by atoms with Crippen LogP contribution in [0.2, 0.25) is 0 Å². The van der Waals surface area contributed by atoms with E-state index in [2.05, 4.69) is 59.2 Å². The predicted molar refractivity (Wildman–Crippen MR) is 82.7 cm³/mol. The highest BCUT2D eigenvalue weighted by atomic mass is 16.5. The van der Waals surface area contributed by atoms with Gasteiger partial charge in [-0.15, -0.1) is 0 Å². The molecule has 0 spiro atoms. The fourth-order valence-electron chi connectivity index (χ4n) is 2.87. The summed E-state index contributed by atoms with van der Waals surface area (Å²) in [6.07, 6.45) is 3.80. The zero-order valence-electron chi connectivity index (χ0n) is 12.4. The van der Waals surface area contributed by atoms with Crippen LogP contribution in [0.3, 0.4) is 0 Å². The van der Waals surface area contributed by atoms with Crippen LogP contribution < -0.4 is 10.9 Å². The first-order valence-corrected chi connectivity index (χ1v) is 7.30. The van der Waals surface area contributed by atoms with Gasteiger partial charge in [-0.1, -0.05) is 24.3 Å². The van der Waals surface area contributed by atoms with Gasteiger partial charge in [0.25, 0.3) is 0 Å². The van der Waals surface area contributed by atoms with E-state index in [4.69, 9.17) is 4.74 Å². The first-order valence-electron chi connectivity index (χ1n) is 7.30. The van der Waals surface area contributed by atoms with Crippen LogP contribution in [0, 0.1) is 0 Å². The summed E-state index contributed by atoms with van der Waals surface area (Å²) in [6.45, 7) is 2.99. The van der Waals surface area contributed by atoms with Crippen LogP contribution in [0.5, 0.6) is 0 Å². The number of nitrogens with zero attached hydrogens (tertiary/aromatic N) is 1. The lowest BCUT2D eigenvalue weighted by Gasteiger charge is -2.20. The van der Waals surface area contributed by atoms with Crippen molar-refractivity contribution in [2.45, 2.75) is 25.0 Å². The number of nitrogens with one attached hydrogen (secondary N) is 2. The summed E-state index contributed by atoms with van der Waals surface area (Å²) >= 11 is 0.